The number of rotatable bonds is 6. The lowest BCUT2D eigenvalue weighted by atomic mass is 10.1. The predicted octanol–water partition coefficient (Wildman–Crippen LogP) is 4.43. The van der Waals surface area contributed by atoms with Gasteiger partial charge in [-0.05, 0) is 36.6 Å². The van der Waals surface area contributed by atoms with Crippen molar-refractivity contribution in [2.45, 2.75) is 12.3 Å². The van der Waals surface area contributed by atoms with E-state index in [-0.39, 0.29) is 12.5 Å². The van der Waals surface area contributed by atoms with Gasteiger partial charge in [-0.2, -0.15) is 11.8 Å². The molecule has 31 heavy (non-hydrogen) atoms. The molecule has 4 aromatic rings. The minimum atomic E-state index is -0.131. The molecule has 1 aliphatic heterocycles. The van der Waals surface area contributed by atoms with E-state index in [0.717, 1.165) is 45.4 Å². The van der Waals surface area contributed by atoms with Crippen LogP contribution in [0.25, 0.3) is 22.3 Å². The van der Waals surface area contributed by atoms with Crippen molar-refractivity contribution in [3.8, 4) is 22.8 Å². The number of para-hydroxylation sites is 2. The molecule has 0 aliphatic carbocycles. The molecule has 7 nitrogen and oxygen atoms in total. The third-order valence-electron chi connectivity index (χ3n) is 4.90. The fraction of sp³-hybridized carbons (Fsp3) is 0.227. The first kappa shape index (κ1) is 19.9. The number of hydrogen-bond donors (Lipinski definition) is 1. The number of fused-ring (bicyclic) bond motifs is 2. The third kappa shape index (κ3) is 4.11. The van der Waals surface area contributed by atoms with E-state index in [2.05, 4.69) is 15.3 Å². The highest BCUT2D eigenvalue weighted by atomic mass is 32.2. The zero-order valence-corrected chi connectivity index (χ0v) is 18.5. The van der Waals surface area contributed by atoms with Crippen LogP contribution in [-0.4, -0.2) is 39.9 Å². The molecule has 158 valence electrons. The maximum absolute atomic E-state index is 12.8. The maximum atomic E-state index is 12.8. The summed E-state index contributed by atoms with van der Waals surface area (Å²) in [6, 6.07) is 13.6. The number of hydrogen-bond acceptors (Lipinski definition) is 7. The molecule has 9 heteroatoms. The zero-order chi connectivity index (χ0) is 21.2. The molecule has 1 aliphatic rings. The van der Waals surface area contributed by atoms with Crippen LogP contribution in [0.5, 0.6) is 11.5 Å². The van der Waals surface area contributed by atoms with Crippen molar-refractivity contribution in [3.05, 3.63) is 53.7 Å². The van der Waals surface area contributed by atoms with E-state index in [9.17, 15) is 4.79 Å². The normalized spacial score (nSPS) is 12.8. The Morgan fingerprint density at radius 3 is 2.87 bits per heavy atom. The van der Waals surface area contributed by atoms with E-state index in [0.29, 0.717) is 18.3 Å². The minimum absolute atomic E-state index is 0.131. The van der Waals surface area contributed by atoms with Crippen molar-refractivity contribution >= 4 is 45.2 Å². The summed E-state index contributed by atoms with van der Waals surface area (Å²) in [6.45, 7) is 1.29. The van der Waals surface area contributed by atoms with E-state index in [4.69, 9.17) is 9.47 Å². The van der Waals surface area contributed by atoms with Gasteiger partial charge in [-0.3, -0.25) is 4.79 Å². The van der Waals surface area contributed by atoms with Crippen LogP contribution in [0, 0.1) is 0 Å². The van der Waals surface area contributed by atoms with Gasteiger partial charge in [0.2, 0.25) is 5.91 Å². The highest BCUT2D eigenvalue weighted by molar-refractivity contribution is 7.97. The van der Waals surface area contributed by atoms with Gasteiger partial charge >= 0.3 is 0 Å². The number of anilines is 1. The minimum Gasteiger partial charge on any atom is -0.486 e. The highest BCUT2D eigenvalue weighted by Crippen LogP contribution is 2.35. The van der Waals surface area contributed by atoms with Crippen molar-refractivity contribution in [2.24, 2.45) is 0 Å². The van der Waals surface area contributed by atoms with Crippen molar-refractivity contribution in [3.63, 3.8) is 0 Å². The first-order chi connectivity index (χ1) is 15.2. The van der Waals surface area contributed by atoms with Crippen molar-refractivity contribution < 1.29 is 14.3 Å². The van der Waals surface area contributed by atoms with Crippen molar-refractivity contribution in [2.75, 3.05) is 24.8 Å². The molecule has 1 N–H and O–H groups in total. The van der Waals surface area contributed by atoms with Crippen LogP contribution in [0.3, 0.4) is 0 Å². The van der Waals surface area contributed by atoms with Crippen LogP contribution in [0.1, 0.15) is 5.82 Å². The van der Waals surface area contributed by atoms with Gasteiger partial charge in [0.1, 0.15) is 25.6 Å². The number of nitrogens with one attached hydrogen (secondary N) is 1. The average Bonchev–Trinajstić information content (AvgIpc) is 3.39. The van der Waals surface area contributed by atoms with Gasteiger partial charge < -0.3 is 19.4 Å². The summed E-state index contributed by atoms with van der Waals surface area (Å²) in [5, 5.41) is 5.41. The largest absolute Gasteiger partial charge is 0.486 e. The number of ether oxygens (including phenoxy) is 2. The molecule has 0 bridgehead atoms. The molecule has 3 heterocycles. The smallest absolute Gasteiger partial charge is 0.246 e. The lowest BCUT2D eigenvalue weighted by Crippen LogP contribution is -2.20. The number of imidazole rings is 1. The zero-order valence-electron chi connectivity index (χ0n) is 16.8. The molecule has 2 aromatic heterocycles. The number of benzene rings is 2. The molecule has 0 saturated heterocycles. The molecular weight excluding hydrogens is 432 g/mol. The number of carbonyl (C=O) groups is 1. The van der Waals surface area contributed by atoms with Gasteiger partial charge in [-0.25, -0.2) is 9.97 Å². The van der Waals surface area contributed by atoms with E-state index >= 15 is 0 Å². The molecule has 0 spiro atoms. The Balaban J connectivity index is 1.33. The summed E-state index contributed by atoms with van der Waals surface area (Å²) in [4.78, 5) is 22.0. The van der Waals surface area contributed by atoms with E-state index in [1.165, 1.54) is 11.3 Å². The summed E-state index contributed by atoms with van der Waals surface area (Å²) in [7, 11) is 0. The summed E-state index contributed by atoms with van der Waals surface area (Å²) < 4.78 is 13.2. The summed E-state index contributed by atoms with van der Waals surface area (Å²) in [5.74, 6) is 2.96. The topological polar surface area (TPSA) is 78.3 Å². The Bertz CT molecular complexity index is 1250. The molecule has 0 unspecified atom stereocenters. The molecule has 0 saturated carbocycles. The number of carbonyl (C=O) groups excluding carboxylic acids is 1. The monoisotopic (exact) mass is 452 g/mol. The Morgan fingerprint density at radius 2 is 2.00 bits per heavy atom. The van der Waals surface area contributed by atoms with Crippen LogP contribution in [0.4, 0.5) is 5.13 Å². The molecule has 5 rings (SSSR count). The molecule has 0 atom stereocenters. The van der Waals surface area contributed by atoms with E-state index in [1.807, 2.05) is 58.7 Å². The Morgan fingerprint density at radius 1 is 1.16 bits per heavy atom. The number of nitrogens with zero attached hydrogens (tertiary/aromatic N) is 3. The molecule has 1 amide bonds. The number of thiazole rings is 1. The lowest BCUT2D eigenvalue weighted by Gasteiger charge is -2.18. The Labute approximate surface area is 187 Å². The molecule has 0 fully saturated rings. The quantitative estimate of drug-likeness (QED) is 0.466. The third-order valence-corrected chi connectivity index (χ3v) is 6.20. The fourth-order valence-corrected chi connectivity index (χ4v) is 4.72. The highest BCUT2D eigenvalue weighted by Gasteiger charge is 2.16. The van der Waals surface area contributed by atoms with Gasteiger partial charge in [-0.1, -0.05) is 12.1 Å². The Kier molecular flexibility index (Phi) is 5.52. The van der Waals surface area contributed by atoms with Crippen molar-refractivity contribution in [1.29, 1.82) is 0 Å². The van der Waals surface area contributed by atoms with Gasteiger partial charge in [-0.15, -0.1) is 11.3 Å². The lowest BCUT2D eigenvalue weighted by molar-refractivity contribution is -0.116. The van der Waals surface area contributed by atoms with Crippen molar-refractivity contribution in [1.82, 2.24) is 14.5 Å². The number of thioether (sulfide) groups is 1. The summed E-state index contributed by atoms with van der Waals surface area (Å²) >= 11 is 3.08. The van der Waals surface area contributed by atoms with Gasteiger partial charge in [0.05, 0.1) is 22.5 Å². The predicted molar refractivity (Wildman–Crippen MR) is 124 cm³/mol. The SMILES string of the molecule is CSCc1nc2ccccc2n1CC(=O)Nc1nc(-c2ccc3c(c2)OCCO3)cs1. The van der Waals surface area contributed by atoms with Crippen LogP contribution in [0.15, 0.2) is 47.8 Å². The first-order valence-electron chi connectivity index (χ1n) is 9.80. The standard InChI is InChI=1S/C22H20N4O3S2/c1-30-13-20-23-15-4-2-3-5-17(15)26(20)11-21(27)25-22-24-16(12-31-22)14-6-7-18-19(10-14)29-9-8-28-18/h2-7,10,12H,8-9,11,13H2,1H3,(H,24,25,27). The molecule has 0 radical (unpaired) electrons. The van der Waals surface area contributed by atoms with E-state index in [1.54, 1.807) is 11.8 Å². The second kappa shape index (κ2) is 8.60. The van der Waals surface area contributed by atoms with Gasteiger partial charge in [0.25, 0.3) is 0 Å². The Hall–Kier alpha value is -3.04. The van der Waals surface area contributed by atoms with Crippen LogP contribution in [-0.2, 0) is 17.1 Å². The van der Waals surface area contributed by atoms with Crippen LogP contribution in [0.2, 0.25) is 0 Å². The second-order valence-electron chi connectivity index (χ2n) is 6.98. The second-order valence-corrected chi connectivity index (χ2v) is 8.70. The van der Waals surface area contributed by atoms with Crippen LogP contribution < -0.4 is 14.8 Å². The molecule has 2 aromatic carbocycles. The maximum Gasteiger partial charge on any atom is 0.246 e. The molecular formula is C22H20N4O3S2. The van der Waals surface area contributed by atoms with E-state index < -0.39 is 0 Å². The first-order valence-corrected chi connectivity index (χ1v) is 12.1. The summed E-state index contributed by atoms with van der Waals surface area (Å²) in [6.07, 6.45) is 2.03. The average molecular weight is 453 g/mol. The summed E-state index contributed by atoms with van der Waals surface area (Å²) in [5.41, 5.74) is 3.56. The van der Waals surface area contributed by atoms with Gasteiger partial charge in [0, 0.05) is 10.9 Å². The number of amides is 1. The number of aromatic nitrogens is 3. The van der Waals surface area contributed by atoms with Crippen LogP contribution >= 0.6 is 23.1 Å². The fourth-order valence-electron chi connectivity index (χ4n) is 3.51. The van der Waals surface area contributed by atoms with Gasteiger partial charge in [0.15, 0.2) is 16.6 Å².